The van der Waals surface area contributed by atoms with Crippen LogP contribution in [0.1, 0.15) is 16.1 Å². The number of halogens is 4. The van der Waals surface area contributed by atoms with Gasteiger partial charge in [0.15, 0.2) is 0 Å². The van der Waals surface area contributed by atoms with E-state index in [2.05, 4.69) is 9.68 Å². The number of aromatic carboxylic acids is 1. The number of rotatable bonds is 2. The highest BCUT2D eigenvalue weighted by molar-refractivity contribution is 5.85. The largest absolute Gasteiger partial charge is 0.475 e. The van der Waals surface area contributed by atoms with Gasteiger partial charge in [0.2, 0.25) is 5.76 Å². The molecule has 2 rings (SSSR count). The van der Waals surface area contributed by atoms with Crippen molar-refractivity contribution in [1.82, 2.24) is 5.16 Å². The molecule has 0 atom stereocenters. The van der Waals surface area contributed by atoms with Crippen LogP contribution in [-0.2, 0) is 6.18 Å². The number of aromatic nitrogens is 1. The number of carboxylic acid groups (broad SMARTS) is 1. The number of alkyl halides is 3. The Kier molecular flexibility index (Phi) is 3.01. The third-order valence-corrected chi connectivity index (χ3v) is 2.29. The number of carbonyl (C=O) groups is 1. The first kappa shape index (κ1) is 13.1. The van der Waals surface area contributed by atoms with Gasteiger partial charge in [-0.2, -0.15) is 13.2 Å². The maximum absolute atomic E-state index is 13.5. The van der Waals surface area contributed by atoms with Gasteiger partial charge in [0.1, 0.15) is 11.5 Å². The van der Waals surface area contributed by atoms with E-state index in [0.29, 0.717) is 18.2 Å². The zero-order valence-corrected chi connectivity index (χ0v) is 9.03. The van der Waals surface area contributed by atoms with E-state index < -0.39 is 34.8 Å². The smallest absolute Gasteiger partial charge is 0.416 e. The molecule has 0 saturated heterocycles. The number of carboxylic acids is 1. The molecule has 100 valence electrons. The van der Waals surface area contributed by atoms with Crippen LogP contribution in [0.15, 0.2) is 28.8 Å². The molecule has 0 spiro atoms. The van der Waals surface area contributed by atoms with Gasteiger partial charge in [0, 0.05) is 11.6 Å². The summed E-state index contributed by atoms with van der Waals surface area (Å²) in [4.78, 5) is 10.5. The quantitative estimate of drug-likeness (QED) is 0.855. The second-order valence-corrected chi connectivity index (χ2v) is 3.57. The Labute approximate surface area is 103 Å². The van der Waals surface area contributed by atoms with Gasteiger partial charge in [-0.1, -0.05) is 5.16 Å². The van der Waals surface area contributed by atoms with E-state index in [-0.39, 0.29) is 5.69 Å². The van der Waals surface area contributed by atoms with E-state index in [0.717, 1.165) is 6.07 Å². The van der Waals surface area contributed by atoms with Gasteiger partial charge in [-0.15, -0.1) is 0 Å². The van der Waals surface area contributed by atoms with Crippen molar-refractivity contribution in [2.24, 2.45) is 0 Å². The maximum Gasteiger partial charge on any atom is 0.416 e. The summed E-state index contributed by atoms with van der Waals surface area (Å²) in [6.07, 6.45) is -4.64. The van der Waals surface area contributed by atoms with Gasteiger partial charge in [-0.3, -0.25) is 0 Å². The van der Waals surface area contributed by atoms with Crippen LogP contribution in [-0.4, -0.2) is 16.2 Å². The van der Waals surface area contributed by atoms with Crippen molar-refractivity contribution >= 4 is 5.97 Å². The van der Waals surface area contributed by atoms with E-state index in [1.54, 1.807) is 0 Å². The monoisotopic (exact) mass is 275 g/mol. The van der Waals surface area contributed by atoms with Crippen molar-refractivity contribution in [1.29, 1.82) is 0 Å². The van der Waals surface area contributed by atoms with Crippen LogP contribution in [0.25, 0.3) is 11.3 Å². The third-order valence-electron chi connectivity index (χ3n) is 2.29. The fourth-order valence-corrected chi connectivity index (χ4v) is 1.40. The fraction of sp³-hybridized carbons (Fsp3) is 0.0909. The van der Waals surface area contributed by atoms with E-state index in [4.69, 9.17) is 5.11 Å². The molecule has 1 aromatic carbocycles. The Morgan fingerprint density at radius 3 is 2.47 bits per heavy atom. The first-order chi connectivity index (χ1) is 8.79. The van der Waals surface area contributed by atoms with E-state index >= 15 is 0 Å². The maximum atomic E-state index is 13.5. The van der Waals surface area contributed by atoms with E-state index in [1.165, 1.54) is 0 Å². The Morgan fingerprint density at radius 1 is 1.26 bits per heavy atom. The first-order valence-electron chi connectivity index (χ1n) is 4.86. The Bertz CT molecular complexity index is 633. The minimum atomic E-state index is -4.64. The lowest BCUT2D eigenvalue weighted by Gasteiger charge is -2.08. The van der Waals surface area contributed by atoms with E-state index in [1.807, 2.05) is 0 Å². The highest BCUT2D eigenvalue weighted by atomic mass is 19.4. The van der Waals surface area contributed by atoms with Crippen LogP contribution < -0.4 is 0 Å². The van der Waals surface area contributed by atoms with Crippen LogP contribution in [0.4, 0.5) is 17.6 Å². The lowest BCUT2D eigenvalue weighted by molar-refractivity contribution is -0.137. The molecule has 1 N–H and O–H groups in total. The molecule has 1 aromatic heterocycles. The predicted octanol–water partition coefficient (Wildman–Crippen LogP) is 3.20. The minimum Gasteiger partial charge on any atom is -0.475 e. The summed E-state index contributed by atoms with van der Waals surface area (Å²) in [5.74, 6) is -3.00. The molecule has 0 aliphatic rings. The average Bonchev–Trinajstić information content (AvgIpc) is 2.77. The molecular weight excluding hydrogens is 270 g/mol. The van der Waals surface area contributed by atoms with Gasteiger partial charge in [-0.25, -0.2) is 9.18 Å². The molecule has 19 heavy (non-hydrogen) atoms. The summed E-state index contributed by atoms with van der Waals surface area (Å²) >= 11 is 0. The van der Waals surface area contributed by atoms with Crippen molar-refractivity contribution < 1.29 is 32.0 Å². The summed E-state index contributed by atoms with van der Waals surface area (Å²) in [6, 6.07) is 2.60. The Hall–Kier alpha value is -2.38. The fourth-order valence-electron chi connectivity index (χ4n) is 1.40. The predicted molar refractivity (Wildman–Crippen MR) is 53.9 cm³/mol. The molecule has 8 heteroatoms. The normalized spacial score (nSPS) is 11.6. The molecule has 0 aliphatic carbocycles. The van der Waals surface area contributed by atoms with Crippen LogP contribution in [0, 0.1) is 5.82 Å². The highest BCUT2D eigenvalue weighted by Gasteiger charge is 2.31. The molecular formula is C11H5F4NO3. The SMILES string of the molecule is O=C(O)c1cc(-c2cc(C(F)(F)F)ccc2F)no1. The second-order valence-electron chi connectivity index (χ2n) is 3.57. The molecule has 0 saturated carbocycles. The lowest BCUT2D eigenvalue weighted by atomic mass is 10.1. The van der Waals surface area contributed by atoms with Crippen molar-refractivity contribution in [2.45, 2.75) is 6.18 Å². The molecule has 0 aliphatic heterocycles. The molecule has 0 fully saturated rings. The van der Waals surface area contributed by atoms with Crippen LogP contribution in [0.3, 0.4) is 0 Å². The summed E-state index contributed by atoms with van der Waals surface area (Å²) in [6.45, 7) is 0. The zero-order valence-electron chi connectivity index (χ0n) is 9.03. The molecule has 0 radical (unpaired) electrons. The zero-order chi connectivity index (χ0) is 14.2. The first-order valence-corrected chi connectivity index (χ1v) is 4.86. The molecule has 0 unspecified atom stereocenters. The highest BCUT2D eigenvalue weighted by Crippen LogP contribution is 2.33. The van der Waals surface area contributed by atoms with Crippen molar-refractivity contribution in [3.8, 4) is 11.3 Å². The second kappa shape index (κ2) is 4.38. The van der Waals surface area contributed by atoms with Gasteiger partial charge in [-0.05, 0) is 18.2 Å². The van der Waals surface area contributed by atoms with Gasteiger partial charge in [0.05, 0.1) is 5.56 Å². The van der Waals surface area contributed by atoms with Crippen molar-refractivity contribution in [3.63, 3.8) is 0 Å². The minimum absolute atomic E-state index is 0.319. The van der Waals surface area contributed by atoms with Crippen molar-refractivity contribution in [3.05, 3.63) is 41.4 Å². The topological polar surface area (TPSA) is 63.3 Å². The van der Waals surface area contributed by atoms with Gasteiger partial charge >= 0.3 is 12.1 Å². The van der Waals surface area contributed by atoms with Crippen LogP contribution in [0.2, 0.25) is 0 Å². The average molecular weight is 275 g/mol. The van der Waals surface area contributed by atoms with Gasteiger partial charge in [0.25, 0.3) is 0 Å². The van der Waals surface area contributed by atoms with E-state index in [9.17, 15) is 22.4 Å². The number of benzene rings is 1. The van der Waals surface area contributed by atoms with Crippen molar-refractivity contribution in [2.75, 3.05) is 0 Å². The molecule has 2 aromatic rings. The van der Waals surface area contributed by atoms with Gasteiger partial charge < -0.3 is 9.63 Å². The van der Waals surface area contributed by atoms with Crippen LogP contribution in [0.5, 0.6) is 0 Å². The molecule has 4 nitrogen and oxygen atoms in total. The Morgan fingerprint density at radius 2 is 1.95 bits per heavy atom. The molecule has 0 bridgehead atoms. The number of hydrogen-bond donors (Lipinski definition) is 1. The summed E-state index contributed by atoms with van der Waals surface area (Å²) in [5.41, 5.74) is -1.86. The Balaban J connectivity index is 2.51. The number of nitrogens with zero attached hydrogens (tertiary/aromatic N) is 1. The molecule has 0 amide bonds. The summed E-state index contributed by atoms with van der Waals surface area (Å²) in [7, 11) is 0. The standard InChI is InChI=1S/C11H5F4NO3/c12-7-2-1-5(11(13,14)15)3-6(7)8-4-9(10(17)18)19-16-8/h1-4H,(H,17,18). The molecule has 1 heterocycles. The third kappa shape index (κ3) is 2.56. The number of hydrogen-bond acceptors (Lipinski definition) is 3. The lowest BCUT2D eigenvalue weighted by Crippen LogP contribution is -2.05. The van der Waals surface area contributed by atoms with Crippen LogP contribution >= 0.6 is 0 Å². The summed E-state index contributed by atoms with van der Waals surface area (Å²) < 4.78 is 55.3. The summed E-state index contributed by atoms with van der Waals surface area (Å²) in [5, 5.41) is 11.8.